The lowest BCUT2D eigenvalue weighted by Gasteiger charge is -2.17. The lowest BCUT2D eigenvalue weighted by atomic mass is 10.1. The average Bonchev–Trinajstić information content (AvgIpc) is 3.33. The number of hydrogen-bond donors (Lipinski definition) is 2. The van der Waals surface area contributed by atoms with E-state index < -0.39 is 5.92 Å². The highest BCUT2D eigenvalue weighted by Crippen LogP contribution is 2.27. The van der Waals surface area contributed by atoms with Gasteiger partial charge in [-0.25, -0.2) is 0 Å². The van der Waals surface area contributed by atoms with Gasteiger partial charge in [-0.05, 0) is 60.0 Å². The zero-order chi connectivity index (χ0) is 26.2. The number of methoxy groups -OCH3 is 1. The summed E-state index contributed by atoms with van der Waals surface area (Å²) in [6.07, 6.45) is 0.977. The summed E-state index contributed by atoms with van der Waals surface area (Å²) in [5.74, 6) is 0.349. The second-order valence-electron chi connectivity index (χ2n) is 8.81. The van der Waals surface area contributed by atoms with E-state index >= 15 is 0 Å². The predicted octanol–water partition coefficient (Wildman–Crippen LogP) is 3.94. The smallest absolute Gasteiger partial charge is 0.262 e. The van der Waals surface area contributed by atoms with Crippen molar-refractivity contribution in [3.05, 3.63) is 83.9 Å². The quantitative estimate of drug-likeness (QED) is 0.439. The van der Waals surface area contributed by atoms with Crippen LogP contribution in [0, 0.1) is 5.92 Å². The molecule has 3 aromatic carbocycles. The summed E-state index contributed by atoms with van der Waals surface area (Å²) in [4.78, 5) is 39.2. The van der Waals surface area contributed by atoms with Gasteiger partial charge in [0.05, 0.1) is 13.0 Å². The van der Waals surface area contributed by atoms with E-state index in [2.05, 4.69) is 10.6 Å². The molecule has 0 radical (unpaired) electrons. The molecule has 1 heterocycles. The lowest BCUT2D eigenvalue weighted by Crippen LogP contribution is -2.32. The number of ether oxygens (including phenoxy) is 2. The van der Waals surface area contributed by atoms with Crippen molar-refractivity contribution >= 4 is 29.1 Å². The standard InChI is InChI=1S/C29H31N3O5/c1-3-21-6-4-5-7-26(21)31-27(33)19-37-25-14-10-23(11-15-25)32-18-22(16-28(32)34)29(35)30-17-20-8-12-24(36-2)13-9-20/h4-15,22H,3,16-19H2,1-2H3,(H,30,35)(H,31,33)/t22-/m1/s1. The Kier molecular flexibility index (Phi) is 8.40. The highest BCUT2D eigenvalue weighted by Gasteiger charge is 2.35. The van der Waals surface area contributed by atoms with Crippen molar-refractivity contribution in [3.63, 3.8) is 0 Å². The third-order valence-corrected chi connectivity index (χ3v) is 6.31. The Hall–Kier alpha value is -4.33. The summed E-state index contributed by atoms with van der Waals surface area (Å²) in [5.41, 5.74) is 3.48. The summed E-state index contributed by atoms with van der Waals surface area (Å²) in [7, 11) is 1.60. The van der Waals surface area contributed by atoms with E-state index in [9.17, 15) is 14.4 Å². The minimum Gasteiger partial charge on any atom is -0.497 e. The number of amides is 3. The van der Waals surface area contributed by atoms with Crippen LogP contribution in [0.25, 0.3) is 0 Å². The van der Waals surface area contributed by atoms with Gasteiger partial charge in [0.1, 0.15) is 11.5 Å². The number of benzene rings is 3. The number of para-hydroxylation sites is 1. The molecule has 1 saturated heterocycles. The highest BCUT2D eigenvalue weighted by atomic mass is 16.5. The minimum absolute atomic E-state index is 0.104. The molecule has 0 unspecified atom stereocenters. The first-order valence-corrected chi connectivity index (χ1v) is 12.3. The van der Waals surface area contributed by atoms with Gasteiger partial charge in [-0.3, -0.25) is 14.4 Å². The number of nitrogens with zero attached hydrogens (tertiary/aromatic N) is 1. The van der Waals surface area contributed by atoms with Gasteiger partial charge in [-0.2, -0.15) is 0 Å². The van der Waals surface area contributed by atoms with Gasteiger partial charge < -0.3 is 25.0 Å². The molecular weight excluding hydrogens is 470 g/mol. The molecule has 192 valence electrons. The van der Waals surface area contributed by atoms with Crippen LogP contribution in [-0.2, 0) is 27.3 Å². The second kappa shape index (κ2) is 12.1. The van der Waals surface area contributed by atoms with E-state index in [1.807, 2.05) is 55.5 Å². The number of rotatable bonds is 10. The van der Waals surface area contributed by atoms with E-state index in [1.165, 1.54) is 0 Å². The summed E-state index contributed by atoms with van der Waals surface area (Å²) in [6.45, 7) is 2.60. The van der Waals surface area contributed by atoms with Gasteiger partial charge >= 0.3 is 0 Å². The summed E-state index contributed by atoms with van der Waals surface area (Å²) < 4.78 is 10.8. The third-order valence-electron chi connectivity index (χ3n) is 6.31. The molecule has 1 atom stereocenters. The van der Waals surface area contributed by atoms with Crippen molar-refractivity contribution in [2.45, 2.75) is 26.3 Å². The fourth-order valence-corrected chi connectivity index (χ4v) is 4.22. The number of carbonyl (C=O) groups excluding carboxylic acids is 3. The lowest BCUT2D eigenvalue weighted by molar-refractivity contribution is -0.126. The molecule has 8 nitrogen and oxygen atoms in total. The Morgan fingerprint density at radius 1 is 0.973 bits per heavy atom. The Balaban J connectivity index is 1.26. The molecule has 1 aliphatic heterocycles. The molecule has 37 heavy (non-hydrogen) atoms. The monoisotopic (exact) mass is 501 g/mol. The Labute approximate surface area is 216 Å². The van der Waals surface area contributed by atoms with Crippen LogP contribution in [0.3, 0.4) is 0 Å². The van der Waals surface area contributed by atoms with E-state index in [4.69, 9.17) is 9.47 Å². The van der Waals surface area contributed by atoms with E-state index in [0.717, 1.165) is 29.0 Å². The minimum atomic E-state index is -0.420. The molecule has 1 fully saturated rings. The maximum atomic E-state index is 12.7. The van der Waals surface area contributed by atoms with Crippen LogP contribution >= 0.6 is 0 Å². The van der Waals surface area contributed by atoms with Crippen LogP contribution in [0.2, 0.25) is 0 Å². The number of carbonyl (C=O) groups is 3. The molecule has 2 N–H and O–H groups in total. The zero-order valence-electron chi connectivity index (χ0n) is 21.0. The van der Waals surface area contributed by atoms with Crippen LogP contribution in [-0.4, -0.2) is 38.0 Å². The van der Waals surface area contributed by atoms with Crippen LogP contribution in [0.15, 0.2) is 72.8 Å². The first-order chi connectivity index (χ1) is 18.0. The maximum Gasteiger partial charge on any atom is 0.262 e. The number of hydrogen-bond acceptors (Lipinski definition) is 5. The first-order valence-electron chi connectivity index (χ1n) is 12.3. The summed E-state index contributed by atoms with van der Waals surface area (Å²) in [5, 5.41) is 5.79. The van der Waals surface area contributed by atoms with Crippen molar-refractivity contribution in [3.8, 4) is 11.5 Å². The molecule has 0 spiro atoms. The van der Waals surface area contributed by atoms with Gasteiger partial charge in [0.15, 0.2) is 6.61 Å². The molecule has 3 amide bonds. The molecule has 0 aliphatic carbocycles. The van der Waals surface area contributed by atoms with Crippen molar-refractivity contribution in [2.24, 2.45) is 5.92 Å². The zero-order valence-corrected chi connectivity index (χ0v) is 21.0. The average molecular weight is 502 g/mol. The molecule has 0 bridgehead atoms. The summed E-state index contributed by atoms with van der Waals surface area (Å²) >= 11 is 0. The largest absolute Gasteiger partial charge is 0.497 e. The van der Waals surface area contributed by atoms with Gasteiger partial charge in [0.25, 0.3) is 5.91 Å². The fraction of sp³-hybridized carbons (Fsp3) is 0.276. The summed E-state index contributed by atoms with van der Waals surface area (Å²) in [6, 6.07) is 22.1. The molecular formula is C29H31N3O5. The first kappa shape index (κ1) is 25.8. The molecule has 1 aliphatic rings. The van der Waals surface area contributed by atoms with Crippen molar-refractivity contribution in [1.82, 2.24) is 5.32 Å². The van der Waals surface area contributed by atoms with Crippen molar-refractivity contribution in [2.75, 3.05) is 30.5 Å². The Morgan fingerprint density at radius 3 is 2.38 bits per heavy atom. The molecule has 0 aromatic heterocycles. The SMILES string of the molecule is CCc1ccccc1NC(=O)COc1ccc(N2C[C@H](C(=O)NCc3ccc(OC)cc3)CC2=O)cc1. The number of nitrogens with one attached hydrogen (secondary N) is 2. The third kappa shape index (κ3) is 6.67. The van der Waals surface area contributed by atoms with Crippen LogP contribution in [0.4, 0.5) is 11.4 Å². The molecule has 0 saturated carbocycles. The Morgan fingerprint density at radius 2 is 1.68 bits per heavy atom. The normalized spacial score (nSPS) is 14.8. The maximum absolute atomic E-state index is 12.7. The Bertz CT molecular complexity index is 1240. The number of aryl methyl sites for hydroxylation is 1. The molecule has 4 rings (SSSR count). The predicted molar refractivity (Wildman–Crippen MR) is 142 cm³/mol. The van der Waals surface area contributed by atoms with Crippen LogP contribution in [0.5, 0.6) is 11.5 Å². The van der Waals surface area contributed by atoms with E-state index in [0.29, 0.717) is 24.5 Å². The van der Waals surface area contributed by atoms with Crippen molar-refractivity contribution < 1.29 is 23.9 Å². The second-order valence-corrected chi connectivity index (χ2v) is 8.81. The van der Waals surface area contributed by atoms with Gasteiger partial charge in [0, 0.05) is 30.9 Å². The fourth-order valence-electron chi connectivity index (χ4n) is 4.22. The van der Waals surface area contributed by atoms with E-state index in [1.54, 1.807) is 36.3 Å². The van der Waals surface area contributed by atoms with Gasteiger partial charge in [0.2, 0.25) is 11.8 Å². The van der Waals surface area contributed by atoms with Crippen molar-refractivity contribution in [1.29, 1.82) is 0 Å². The van der Waals surface area contributed by atoms with Gasteiger partial charge in [-0.15, -0.1) is 0 Å². The highest BCUT2D eigenvalue weighted by molar-refractivity contribution is 6.00. The van der Waals surface area contributed by atoms with Gasteiger partial charge in [-0.1, -0.05) is 37.3 Å². The van der Waals surface area contributed by atoms with Crippen LogP contribution < -0.4 is 25.0 Å². The number of anilines is 2. The van der Waals surface area contributed by atoms with Crippen LogP contribution in [0.1, 0.15) is 24.5 Å². The van der Waals surface area contributed by atoms with E-state index in [-0.39, 0.29) is 30.7 Å². The molecule has 3 aromatic rings. The topological polar surface area (TPSA) is 97.0 Å². The molecule has 8 heteroatoms.